The first kappa shape index (κ1) is 12.1. The average molecular weight is 265 g/mol. The van der Waals surface area contributed by atoms with Crippen LogP contribution < -0.4 is 5.32 Å². The van der Waals surface area contributed by atoms with Gasteiger partial charge in [0.05, 0.1) is 0 Å². The minimum Gasteiger partial charge on any atom is -0.373 e. The number of aromatic nitrogens is 4. The quantitative estimate of drug-likeness (QED) is 0.516. The summed E-state index contributed by atoms with van der Waals surface area (Å²) in [6, 6.07) is 3.75. The molecular formula is C10H11N5S2. The molecule has 0 radical (unpaired) electrons. The molecule has 2 heterocycles. The Hall–Kier alpha value is -1.34. The van der Waals surface area contributed by atoms with E-state index in [-0.39, 0.29) is 0 Å². The van der Waals surface area contributed by atoms with Gasteiger partial charge >= 0.3 is 0 Å². The van der Waals surface area contributed by atoms with Gasteiger partial charge in [-0.05, 0) is 24.1 Å². The van der Waals surface area contributed by atoms with E-state index in [0.29, 0.717) is 0 Å². The SMILES string of the molecule is CNc1cc(Sc2ccncn2)nc(SC)n1. The Kier molecular flexibility index (Phi) is 4.16. The lowest BCUT2D eigenvalue weighted by Crippen LogP contribution is -1.97. The van der Waals surface area contributed by atoms with E-state index in [0.717, 1.165) is 21.0 Å². The highest BCUT2D eigenvalue weighted by Crippen LogP contribution is 2.26. The van der Waals surface area contributed by atoms with Crippen LogP contribution in [0.15, 0.2) is 39.9 Å². The van der Waals surface area contributed by atoms with Crippen LogP contribution in [0.5, 0.6) is 0 Å². The summed E-state index contributed by atoms with van der Waals surface area (Å²) in [7, 11) is 1.84. The minimum atomic E-state index is 0.744. The van der Waals surface area contributed by atoms with Gasteiger partial charge in [0.1, 0.15) is 22.2 Å². The zero-order chi connectivity index (χ0) is 12.1. The highest BCUT2D eigenvalue weighted by Gasteiger charge is 2.05. The number of nitrogens with zero attached hydrogens (tertiary/aromatic N) is 4. The zero-order valence-corrected chi connectivity index (χ0v) is 11.0. The first-order valence-electron chi connectivity index (χ1n) is 4.86. The molecule has 0 unspecified atom stereocenters. The fraction of sp³-hybridized carbons (Fsp3) is 0.200. The van der Waals surface area contributed by atoms with Crippen molar-refractivity contribution in [3.63, 3.8) is 0 Å². The van der Waals surface area contributed by atoms with Crippen molar-refractivity contribution in [2.75, 3.05) is 18.6 Å². The summed E-state index contributed by atoms with van der Waals surface area (Å²) in [5, 5.41) is 5.50. The summed E-state index contributed by atoms with van der Waals surface area (Å²) in [6.45, 7) is 0. The van der Waals surface area contributed by atoms with Gasteiger partial charge in [0.2, 0.25) is 0 Å². The third-order valence-electron chi connectivity index (χ3n) is 1.88. The topological polar surface area (TPSA) is 63.6 Å². The number of hydrogen-bond acceptors (Lipinski definition) is 7. The number of hydrogen-bond donors (Lipinski definition) is 1. The van der Waals surface area contributed by atoms with Gasteiger partial charge in [-0.2, -0.15) is 0 Å². The molecule has 0 aliphatic carbocycles. The zero-order valence-electron chi connectivity index (χ0n) is 9.41. The molecule has 2 aromatic heterocycles. The van der Waals surface area contributed by atoms with Crippen molar-refractivity contribution in [1.82, 2.24) is 19.9 Å². The van der Waals surface area contributed by atoms with Crippen LogP contribution in [0.3, 0.4) is 0 Å². The van der Waals surface area contributed by atoms with Crippen LogP contribution in [0.2, 0.25) is 0 Å². The fourth-order valence-corrected chi connectivity index (χ4v) is 2.30. The molecular weight excluding hydrogens is 254 g/mol. The molecule has 0 amide bonds. The molecule has 0 saturated carbocycles. The van der Waals surface area contributed by atoms with Crippen LogP contribution in [0.4, 0.5) is 5.82 Å². The second kappa shape index (κ2) is 5.83. The first-order chi connectivity index (χ1) is 8.31. The maximum absolute atomic E-state index is 4.41. The van der Waals surface area contributed by atoms with Crippen molar-refractivity contribution in [3.05, 3.63) is 24.7 Å². The van der Waals surface area contributed by atoms with E-state index in [9.17, 15) is 0 Å². The van der Waals surface area contributed by atoms with E-state index in [1.165, 1.54) is 29.9 Å². The Balaban J connectivity index is 2.26. The van der Waals surface area contributed by atoms with Gasteiger partial charge in [-0.25, -0.2) is 19.9 Å². The fourth-order valence-electron chi connectivity index (χ4n) is 1.12. The lowest BCUT2D eigenvalue weighted by Gasteiger charge is -2.05. The largest absolute Gasteiger partial charge is 0.373 e. The normalized spacial score (nSPS) is 10.2. The number of nitrogens with one attached hydrogen (secondary N) is 1. The van der Waals surface area contributed by atoms with Crippen LogP contribution in [0.1, 0.15) is 0 Å². The second-order valence-corrected chi connectivity index (χ2v) is 4.79. The molecule has 7 heteroatoms. The maximum atomic E-state index is 4.41. The molecule has 2 rings (SSSR count). The van der Waals surface area contributed by atoms with Gasteiger partial charge in [0, 0.05) is 19.3 Å². The van der Waals surface area contributed by atoms with E-state index < -0.39 is 0 Å². The molecule has 0 bridgehead atoms. The molecule has 0 aromatic carbocycles. The Labute approximate surface area is 108 Å². The van der Waals surface area contributed by atoms with Gasteiger partial charge in [-0.1, -0.05) is 11.8 Å². The predicted octanol–water partition coefficient (Wildman–Crippen LogP) is 2.18. The van der Waals surface area contributed by atoms with Crippen LogP contribution >= 0.6 is 23.5 Å². The third-order valence-corrected chi connectivity index (χ3v) is 3.30. The number of rotatable bonds is 4. The van der Waals surface area contributed by atoms with Crippen molar-refractivity contribution < 1.29 is 0 Å². The molecule has 5 nitrogen and oxygen atoms in total. The summed E-state index contributed by atoms with van der Waals surface area (Å²) in [5.74, 6) is 0.806. The van der Waals surface area contributed by atoms with Gasteiger partial charge in [0.15, 0.2) is 5.16 Å². The van der Waals surface area contributed by atoms with Crippen LogP contribution in [-0.2, 0) is 0 Å². The Morgan fingerprint density at radius 2 is 2.12 bits per heavy atom. The average Bonchev–Trinajstić information content (AvgIpc) is 2.39. The molecule has 0 atom stereocenters. The van der Waals surface area contributed by atoms with Crippen LogP contribution in [0.25, 0.3) is 0 Å². The lowest BCUT2D eigenvalue weighted by atomic mass is 10.6. The molecule has 2 aromatic rings. The van der Waals surface area contributed by atoms with Crippen molar-refractivity contribution >= 4 is 29.3 Å². The molecule has 1 N–H and O–H groups in total. The highest BCUT2D eigenvalue weighted by atomic mass is 32.2. The molecule has 0 aliphatic rings. The van der Waals surface area contributed by atoms with Gasteiger partial charge in [-0.15, -0.1) is 0 Å². The van der Waals surface area contributed by atoms with Crippen LogP contribution in [0, 0.1) is 0 Å². The third kappa shape index (κ3) is 3.31. The van der Waals surface area contributed by atoms with Gasteiger partial charge in [-0.3, -0.25) is 0 Å². The van der Waals surface area contributed by atoms with Crippen LogP contribution in [-0.4, -0.2) is 33.2 Å². The molecule has 0 aliphatic heterocycles. The van der Waals surface area contributed by atoms with E-state index in [1.54, 1.807) is 6.20 Å². The van der Waals surface area contributed by atoms with Crippen molar-refractivity contribution in [2.24, 2.45) is 0 Å². The standard InChI is InChI=1S/C10H11N5S2/c1-11-7-5-9(15-10(14-7)16-2)17-8-3-4-12-6-13-8/h3-6H,1-2H3,(H,11,14,15). The Bertz CT molecular complexity index is 469. The summed E-state index contributed by atoms with van der Waals surface area (Å²) < 4.78 is 0. The van der Waals surface area contributed by atoms with Crippen molar-refractivity contribution in [1.29, 1.82) is 0 Å². The van der Waals surface area contributed by atoms with Gasteiger partial charge in [0.25, 0.3) is 0 Å². The number of anilines is 1. The monoisotopic (exact) mass is 265 g/mol. The van der Waals surface area contributed by atoms with Crippen molar-refractivity contribution in [3.8, 4) is 0 Å². The van der Waals surface area contributed by atoms with E-state index >= 15 is 0 Å². The minimum absolute atomic E-state index is 0.744. The van der Waals surface area contributed by atoms with E-state index in [2.05, 4.69) is 25.3 Å². The highest BCUT2D eigenvalue weighted by molar-refractivity contribution is 7.99. The van der Waals surface area contributed by atoms with E-state index in [1.807, 2.05) is 25.4 Å². The molecule has 88 valence electrons. The molecule has 0 spiro atoms. The Morgan fingerprint density at radius 3 is 2.76 bits per heavy atom. The summed E-state index contributed by atoms with van der Waals surface area (Å²) in [5.41, 5.74) is 0. The second-order valence-electron chi connectivity index (χ2n) is 2.98. The molecule has 0 fully saturated rings. The summed E-state index contributed by atoms with van der Waals surface area (Å²) in [4.78, 5) is 16.7. The maximum Gasteiger partial charge on any atom is 0.190 e. The lowest BCUT2D eigenvalue weighted by molar-refractivity contribution is 0.894. The van der Waals surface area contributed by atoms with Crippen molar-refractivity contribution in [2.45, 2.75) is 15.2 Å². The molecule has 17 heavy (non-hydrogen) atoms. The first-order valence-corrected chi connectivity index (χ1v) is 6.90. The summed E-state index contributed by atoms with van der Waals surface area (Å²) in [6.07, 6.45) is 5.19. The van der Waals surface area contributed by atoms with E-state index in [4.69, 9.17) is 0 Å². The predicted molar refractivity (Wildman–Crippen MR) is 69.5 cm³/mol. The molecule has 0 saturated heterocycles. The summed E-state index contributed by atoms with van der Waals surface area (Å²) >= 11 is 3.01. The smallest absolute Gasteiger partial charge is 0.190 e. The number of thioether (sulfide) groups is 1. The van der Waals surface area contributed by atoms with Gasteiger partial charge < -0.3 is 5.32 Å². The Morgan fingerprint density at radius 1 is 1.24 bits per heavy atom.